The summed E-state index contributed by atoms with van der Waals surface area (Å²) in [7, 11) is 0. The third kappa shape index (κ3) is 8.99. The monoisotopic (exact) mass is 1350 g/mol. The summed E-state index contributed by atoms with van der Waals surface area (Å²) in [6.07, 6.45) is 0. The Balaban J connectivity index is 0.645. The highest BCUT2D eigenvalue weighted by Gasteiger charge is 2.22. The van der Waals surface area contributed by atoms with Gasteiger partial charge in [0, 0.05) is 98.4 Å². The molecule has 16 aromatic carbocycles. The van der Waals surface area contributed by atoms with Gasteiger partial charge in [0.2, 0.25) is 0 Å². The fraction of sp³-hybridized carbons (Fsp3) is 0. The molecule has 0 fully saturated rings. The highest BCUT2D eigenvalue weighted by molar-refractivity contribution is 6.15. The van der Waals surface area contributed by atoms with Gasteiger partial charge in [-0.25, -0.2) is 15.0 Å². The maximum atomic E-state index is 6.38. The summed E-state index contributed by atoms with van der Waals surface area (Å²) in [6.45, 7) is 0. The lowest BCUT2D eigenvalue weighted by Gasteiger charge is -2.13. The Morgan fingerprint density at radius 3 is 0.868 bits per heavy atom. The standard InChI is InChI=1S/C97H56N6O3/c1-7-25-83-71(19-1)80-51-59(62-34-41-77-74-22-4-10-28-89(74)104-92(77)54-62)37-44-86(80)101(83)68-17-13-15-65(49-68)95-98-96(66-16-14-18-69(50-66)102-84-26-8-2-20-72(84)81-52-60(38-45-87(81)102)63-35-42-78-75-23-5-11-29-90(75)105-93(78)55-63)100-97(99-95)67-32-31-58-48-70(40-33-57(58)47-67)103-85-27-9-3-21-73(85)82-53-61(39-46-88(82)103)64-36-43-79-76-24-6-12-30-91(76)106-94(79)56-64/h1-56H. The molecule has 0 aliphatic carbocycles. The molecule has 9 nitrogen and oxygen atoms in total. The molecule has 0 atom stereocenters. The molecule has 0 unspecified atom stereocenters. The van der Waals surface area contributed by atoms with Gasteiger partial charge >= 0.3 is 0 Å². The Morgan fingerprint density at radius 2 is 0.462 bits per heavy atom. The Morgan fingerprint density at radius 1 is 0.170 bits per heavy atom. The van der Waals surface area contributed by atoms with E-state index >= 15 is 0 Å². The van der Waals surface area contributed by atoms with Crippen LogP contribution in [-0.2, 0) is 0 Å². The number of nitrogens with zero attached hydrogens (tertiary/aromatic N) is 6. The van der Waals surface area contributed by atoms with Gasteiger partial charge in [0.25, 0.3) is 0 Å². The van der Waals surface area contributed by atoms with E-state index in [4.69, 9.17) is 28.2 Å². The van der Waals surface area contributed by atoms with Gasteiger partial charge in [0.15, 0.2) is 17.5 Å². The fourth-order valence-corrected chi connectivity index (χ4v) is 16.9. The van der Waals surface area contributed by atoms with E-state index in [1.54, 1.807) is 0 Å². The lowest BCUT2D eigenvalue weighted by molar-refractivity contribution is 0.668. The number of furan rings is 3. The minimum Gasteiger partial charge on any atom is -0.456 e. The van der Waals surface area contributed by atoms with Gasteiger partial charge in [-0.2, -0.15) is 0 Å². The number of para-hydroxylation sites is 6. The molecule has 0 radical (unpaired) electrons. The Labute approximate surface area is 604 Å². The number of benzene rings is 16. The van der Waals surface area contributed by atoms with Crippen molar-refractivity contribution in [3.63, 3.8) is 0 Å². The molecule has 0 saturated heterocycles. The Kier molecular flexibility index (Phi) is 12.4. The molecule has 23 aromatic rings. The summed E-state index contributed by atoms with van der Waals surface area (Å²) < 4.78 is 26.2. The average molecular weight is 1350 g/mol. The van der Waals surface area contributed by atoms with Crippen molar-refractivity contribution in [1.82, 2.24) is 28.7 Å². The molecule has 0 spiro atoms. The van der Waals surface area contributed by atoms with Crippen LogP contribution < -0.4 is 0 Å². The van der Waals surface area contributed by atoms with Crippen molar-refractivity contribution in [2.24, 2.45) is 0 Å². The van der Waals surface area contributed by atoms with Crippen LogP contribution in [0.1, 0.15) is 0 Å². The van der Waals surface area contributed by atoms with Gasteiger partial charge in [-0.05, 0) is 196 Å². The molecule has 9 heteroatoms. The summed E-state index contributed by atoms with van der Waals surface area (Å²) in [6, 6.07) is 121. The van der Waals surface area contributed by atoms with Crippen LogP contribution >= 0.6 is 0 Å². The van der Waals surface area contributed by atoms with Crippen LogP contribution in [0.5, 0.6) is 0 Å². The Hall–Kier alpha value is -14.4. The third-order valence-corrected chi connectivity index (χ3v) is 21.9. The molecular formula is C97H56N6O3. The number of fused-ring (bicyclic) bond motifs is 19. The van der Waals surface area contributed by atoms with E-state index in [1.165, 1.54) is 10.8 Å². The molecular weight excluding hydrogens is 1300 g/mol. The van der Waals surface area contributed by atoms with Crippen molar-refractivity contribution in [3.8, 4) is 84.6 Å². The third-order valence-electron chi connectivity index (χ3n) is 21.9. The summed E-state index contributed by atoms with van der Waals surface area (Å²) in [5.74, 6) is 1.68. The van der Waals surface area contributed by atoms with E-state index in [2.05, 4.69) is 317 Å². The zero-order valence-electron chi connectivity index (χ0n) is 56.7. The van der Waals surface area contributed by atoms with Gasteiger partial charge in [0.1, 0.15) is 33.5 Å². The van der Waals surface area contributed by atoms with Crippen molar-refractivity contribution in [2.75, 3.05) is 0 Å². The predicted molar refractivity (Wildman–Crippen MR) is 435 cm³/mol. The summed E-state index contributed by atoms with van der Waals surface area (Å²) in [4.78, 5) is 16.4. The van der Waals surface area contributed by atoms with Crippen molar-refractivity contribution in [3.05, 3.63) is 340 Å². The molecule has 7 heterocycles. The van der Waals surface area contributed by atoms with Crippen molar-refractivity contribution >= 4 is 142 Å². The topological polar surface area (TPSA) is 92.9 Å². The van der Waals surface area contributed by atoms with E-state index in [0.29, 0.717) is 17.5 Å². The first-order valence-electron chi connectivity index (χ1n) is 35.8. The largest absolute Gasteiger partial charge is 0.456 e. The SMILES string of the molecule is c1cc(-c2nc(-c3cccc(-n4c5ccccc5c5cc(-c6ccc7c(c6)oc6ccccc67)ccc54)c3)nc(-c3ccc4cc(-n5c6ccccc6c6cc(-c7ccc8c(c7)oc7ccccc78)ccc65)ccc4c3)n2)cc(-n2c3ccccc3c3cc(-c4ccc5c(c4)oc4ccccc45)ccc32)c1. The van der Waals surface area contributed by atoms with Gasteiger partial charge in [-0.15, -0.1) is 0 Å². The van der Waals surface area contributed by atoms with E-state index in [1.807, 2.05) is 36.4 Å². The number of rotatable bonds is 9. The first kappa shape index (κ1) is 58.3. The highest BCUT2D eigenvalue weighted by atomic mass is 16.3. The van der Waals surface area contributed by atoms with E-state index in [-0.39, 0.29) is 0 Å². The second-order valence-corrected chi connectivity index (χ2v) is 27.8. The van der Waals surface area contributed by atoms with E-state index in [0.717, 1.165) is 198 Å². The quantitative estimate of drug-likeness (QED) is 0.143. The van der Waals surface area contributed by atoms with Crippen LogP contribution in [0, 0.1) is 0 Å². The molecule has 0 aliphatic heterocycles. The smallest absolute Gasteiger partial charge is 0.164 e. The molecule has 0 saturated carbocycles. The van der Waals surface area contributed by atoms with Gasteiger partial charge in [-0.1, -0.05) is 188 Å². The lowest BCUT2D eigenvalue weighted by Crippen LogP contribution is -2.02. The van der Waals surface area contributed by atoms with Crippen molar-refractivity contribution < 1.29 is 13.3 Å². The molecule has 492 valence electrons. The molecule has 0 amide bonds. The highest BCUT2D eigenvalue weighted by Crippen LogP contribution is 2.44. The van der Waals surface area contributed by atoms with Gasteiger partial charge in [0.05, 0.1) is 33.1 Å². The first-order valence-corrected chi connectivity index (χ1v) is 35.8. The van der Waals surface area contributed by atoms with Crippen LogP contribution in [0.25, 0.3) is 227 Å². The summed E-state index contributed by atoms with van der Waals surface area (Å²) in [5, 5.41) is 15.9. The van der Waals surface area contributed by atoms with Crippen LogP contribution in [0.15, 0.2) is 353 Å². The first-order chi connectivity index (χ1) is 52.5. The van der Waals surface area contributed by atoms with Crippen molar-refractivity contribution in [1.29, 1.82) is 0 Å². The maximum absolute atomic E-state index is 6.38. The minimum absolute atomic E-state index is 0.557. The predicted octanol–water partition coefficient (Wildman–Crippen LogP) is 26.0. The van der Waals surface area contributed by atoms with Crippen LogP contribution in [0.4, 0.5) is 0 Å². The number of hydrogen-bond acceptors (Lipinski definition) is 6. The lowest BCUT2D eigenvalue weighted by atomic mass is 10.0. The molecule has 106 heavy (non-hydrogen) atoms. The summed E-state index contributed by atoms with van der Waals surface area (Å²) in [5.41, 5.74) is 24.2. The van der Waals surface area contributed by atoms with E-state index < -0.39 is 0 Å². The Bertz CT molecular complexity index is 7390. The summed E-state index contributed by atoms with van der Waals surface area (Å²) >= 11 is 0. The van der Waals surface area contributed by atoms with Crippen LogP contribution in [-0.4, -0.2) is 28.7 Å². The molecule has 23 rings (SSSR count). The van der Waals surface area contributed by atoms with Gasteiger partial charge < -0.3 is 27.0 Å². The van der Waals surface area contributed by atoms with Crippen molar-refractivity contribution in [2.45, 2.75) is 0 Å². The normalized spacial score (nSPS) is 12.2. The number of hydrogen-bond donors (Lipinski definition) is 0. The molecule has 0 aliphatic rings. The molecule has 0 bridgehead atoms. The second-order valence-electron chi connectivity index (χ2n) is 27.8. The van der Waals surface area contributed by atoms with Crippen LogP contribution in [0.3, 0.4) is 0 Å². The molecule has 7 aromatic heterocycles. The zero-order chi connectivity index (χ0) is 69.2. The number of aromatic nitrogens is 6. The van der Waals surface area contributed by atoms with Crippen LogP contribution in [0.2, 0.25) is 0 Å². The van der Waals surface area contributed by atoms with E-state index in [9.17, 15) is 0 Å². The van der Waals surface area contributed by atoms with Gasteiger partial charge in [-0.3, -0.25) is 0 Å². The fourth-order valence-electron chi connectivity index (χ4n) is 16.9. The minimum atomic E-state index is 0.557. The average Bonchev–Trinajstić information content (AvgIpc) is 1.57. The second kappa shape index (κ2) is 22.5. The zero-order valence-corrected chi connectivity index (χ0v) is 56.7. The maximum Gasteiger partial charge on any atom is 0.164 e. The molecule has 0 N–H and O–H groups in total.